The van der Waals surface area contributed by atoms with Crippen LogP contribution in [0.1, 0.15) is 30.6 Å². The lowest BCUT2D eigenvalue weighted by atomic mass is 9.71. The van der Waals surface area contributed by atoms with Crippen molar-refractivity contribution in [2.75, 3.05) is 20.6 Å². The van der Waals surface area contributed by atoms with Crippen LogP contribution in [0.3, 0.4) is 0 Å². The molecule has 6 heteroatoms. The van der Waals surface area contributed by atoms with E-state index in [1.165, 1.54) is 4.88 Å². The highest BCUT2D eigenvalue weighted by atomic mass is 35.5. The summed E-state index contributed by atoms with van der Waals surface area (Å²) in [5.41, 5.74) is 0.137. The molecular weight excluding hydrogens is 294 g/mol. The van der Waals surface area contributed by atoms with E-state index in [0.29, 0.717) is 0 Å². The molecule has 0 aromatic carbocycles. The van der Waals surface area contributed by atoms with E-state index in [-0.39, 0.29) is 11.1 Å². The minimum absolute atomic E-state index is 0.0555. The Kier molecular flexibility index (Phi) is 3.86. The Labute approximate surface area is 129 Å². The maximum Gasteiger partial charge on any atom is 0.161 e. The quantitative estimate of drug-likeness (QED) is 0.780. The predicted octanol–water partition coefficient (Wildman–Crippen LogP) is 1.94. The normalized spacial score (nSPS) is 38.0. The van der Waals surface area contributed by atoms with E-state index < -0.39 is 6.35 Å². The summed E-state index contributed by atoms with van der Waals surface area (Å²) in [6, 6.07) is 4.16. The second kappa shape index (κ2) is 5.23. The minimum Gasteiger partial charge on any atom is -0.365 e. The highest BCUT2D eigenvalue weighted by Crippen LogP contribution is 2.47. The number of rotatable bonds is 2. The third-order valence-electron chi connectivity index (χ3n) is 5.00. The van der Waals surface area contributed by atoms with Crippen molar-refractivity contribution in [3.63, 3.8) is 0 Å². The fourth-order valence-corrected chi connectivity index (χ4v) is 5.00. The molecule has 1 saturated heterocycles. The monoisotopic (exact) mass is 315 g/mol. The van der Waals surface area contributed by atoms with E-state index in [0.717, 1.165) is 36.6 Å². The first kappa shape index (κ1) is 14.8. The minimum atomic E-state index is -0.557. The molecule has 1 aromatic heterocycles. The Hall–Kier alpha value is -0.170. The van der Waals surface area contributed by atoms with Crippen molar-refractivity contribution < 1.29 is 5.11 Å². The van der Waals surface area contributed by atoms with Crippen LogP contribution in [0, 0.1) is 0 Å². The zero-order valence-corrected chi connectivity index (χ0v) is 13.5. The molecule has 1 atom stereocenters. The van der Waals surface area contributed by atoms with Crippen molar-refractivity contribution >= 4 is 22.9 Å². The summed E-state index contributed by atoms with van der Waals surface area (Å²) in [5, 5.41) is 16.1. The van der Waals surface area contributed by atoms with Gasteiger partial charge in [-0.05, 0) is 51.9 Å². The molecule has 112 valence electrons. The first-order chi connectivity index (χ1) is 9.46. The molecule has 3 rings (SSSR count). The molecule has 1 aromatic rings. The van der Waals surface area contributed by atoms with Crippen molar-refractivity contribution in [2.24, 2.45) is 0 Å². The molecular formula is C14H22ClN3OS. The first-order valence-electron chi connectivity index (χ1n) is 7.08. The van der Waals surface area contributed by atoms with Crippen LogP contribution in [-0.4, -0.2) is 42.5 Å². The van der Waals surface area contributed by atoms with Crippen molar-refractivity contribution in [1.82, 2.24) is 15.5 Å². The van der Waals surface area contributed by atoms with Crippen LogP contribution in [0.25, 0.3) is 0 Å². The predicted molar refractivity (Wildman–Crippen MR) is 83.0 cm³/mol. The molecule has 2 fully saturated rings. The van der Waals surface area contributed by atoms with E-state index in [1.54, 1.807) is 11.3 Å². The molecule has 3 N–H and O–H groups in total. The van der Waals surface area contributed by atoms with Crippen LogP contribution >= 0.6 is 22.9 Å². The van der Waals surface area contributed by atoms with Crippen LogP contribution in [0.5, 0.6) is 0 Å². The molecule has 1 spiro atoms. The Morgan fingerprint density at radius 2 is 2.00 bits per heavy atom. The molecule has 1 aliphatic carbocycles. The molecule has 0 amide bonds. The number of nitrogens with one attached hydrogen (secondary N) is 2. The Morgan fingerprint density at radius 1 is 1.30 bits per heavy atom. The summed E-state index contributed by atoms with van der Waals surface area (Å²) in [6.45, 7) is 0.850. The van der Waals surface area contributed by atoms with Gasteiger partial charge in [-0.15, -0.1) is 11.3 Å². The van der Waals surface area contributed by atoms with Gasteiger partial charge in [0.05, 0.1) is 9.88 Å². The second-order valence-corrected chi connectivity index (χ2v) is 7.95. The maximum absolute atomic E-state index is 9.66. The first-order valence-corrected chi connectivity index (χ1v) is 8.28. The van der Waals surface area contributed by atoms with Gasteiger partial charge in [-0.25, -0.2) is 0 Å². The summed E-state index contributed by atoms with van der Waals surface area (Å²) in [6.07, 6.45) is 3.73. The molecule has 20 heavy (non-hydrogen) atoms. The lowest BCUT2D eigenvalue weighted by Crippen LogP contribution is -2.54. The molecule has 1 aliphatic heterocycles. The Balaban J connectivity index is 1.82. The average Bonchev–Trinajstić information content (AvgIpc) is 2.98. The zero-order valence-electron chi connectivity index (χ0n) is 11.9. The summed E-state index contributed by atoms with van der Waals surface area (Å²) in [5.74, 6) is 0. The van der Waals surface area contributed by atoms with Gasteiger partial charge in [0.2, 0.25) is 0 Å². The van der Waals surface area contributed by atoms with E-state index in [9.17, 15) is 5.11 Å². The van der Waals surface area contributed by atoms with Gasteiger partial charge in [0.1, 0.15) is 0 Å². The summed E-state index contributed by atoms with van der Waals surface area (Å²) in [7, 11) is 4.31. The number of halogens is 1. The van der Waals surface area contributed by atoms with Crippen LogP contribution in [0.15, 0.2) is 12.1 Å². The Bertz CT molecular complexity index is 483. The summed E-state index contributed by atoms with van der Waals surface area (Å²) in [4.78, 5) is 3.69. The van der Waals surface area contributed by atoms with Crippen LogP contribution in [-0.2, 0) is 5.54 Å². The number of thiophene rings is 1. The molecule has 4 nitrogen and oxygen atoms in total. The van der Waals surface area contributed by atoms with Gasteiger partial charge in [0, 0.05) is 17.0 Å². The second-order valence-electron chi connectivity index (χ2n) is 6.24. The standard InChI is InChI=1S/C14H22ClN3OS/c1-18(2)14(10-3-4-11(15)20-10)7-5-13(6-8-14)9-16-12(19)17-13/h3-4,12,16-17,19H,5-9H2,1-2H3. The number of aliphatic hydroxyl groups is 1. The highest BCUT2D eigenvalue weighted by molar-refractivity contribution is 7.16. The van der Waals surface area contributed by atoms with Gasteiger partial charge >= 0.3 is 0 Å². The molecule has 0 radical (unpaired) electrons. The summed E-state index contributed by atoms with van der Waals surface area (Å²) >= 11 is 7.82. The van der Waals surface area contributed by atoms with E-state index in [4.69, 9.17) is 11.6 Å². The fraction of sp³-hybridized carbons (Fsp3) is 0.714. The van der Waals surface area contributed by atoms with Crippen molar-refractivity contribution in [1.29, 1.82) is 0 Å². The topological polar surface area (TPSA) is 47.5 Å². The third-order valence-corrected chi connectivity index (χ3v) is 6.42. The van der Waals surface area contributed by atoms with Crippen LogP contribution < -0.4 is 10.6 Å². The van der Waals surface area contributed by atoms with Crippen LogP contribution in [0.2, 0.25) is 4.34 Å². The average molecular weight is 316 g/mol. The number of hydrogen-bond acceptors (Lipinski definition) is 5. The van der Waals surface area contributed by atoms with E-state index in [1.807, 2.05) is 6.07 Å². The van der Waals surface area contributed by atoms with Gasteiger partial charge in [-0.3, -0.25) is 15.5 Å². The van der Waals surface area contributed by atoms with Gasteiger partial charge in [-0.2, -0.15) is 0 Å². The number of nitrogens with zero attached hydrogens (tertiary/aromatic N) is 1. The van der Waals surface area contributed by atoms with Gasteiger partial charge in [0.25, 0.3) is 0 Å². The maximum atomic E-state index is 9.66. The smallest absolute Gasteiger partial charge is 0.161 e. The van der Waals surface area contributed by atoms with E-state index >= 15 is 0 Å². The third kappa shape index (κ3) is 2.40. The molecule has 1 unspecified atom stereocenters. The zero-order chi connectivity index (χ0) is 14.4. The van der Waals surface area contributed by atoms with Gasteiger partial charge < -0.3 is 5.11 Å². The Morgan fingerprint density at radius 3 is 2.45 bits per heavy atom. The lowest BCUT2D eigenvalue weighted by molar-refractivity contribution is 0.0527. The van der Waals surface area contributed by atoms with Gasteiger partial charge in [0.15, 0.2) is 6.35 Å². The van der Waals surface area contributed by atoms with Crippen molar-refractivity contribution in [3.05, 3.63) is 21.3 Å². The number of aliphatic hydroxyl groups excluding tert-OH is 1. The SMILES string of the molecule is CN(C)C1(c2ccc(Cl)s2)CCC2(CC1)CNC(O)N2. The summed E-state index contributed by atoms with van der Waals surface area (Å²) < 4.78 is 0.859. The molecule has 0 bridgehead atoms. The van der Waals surface area contributed by atoms with Crippen molar-refractivity contribution in [3.8, 4) is 0 Å². The van der Waals surface area contributed by atoms with Gasteiger partial charge in [-0.1, -0.05) is 11.6 Å². The van der Waals surface area contributed by atoms with E-state index in [2.05, 4.69) is 35.7 Å². The van der Waals surface area contributed by atoms with Crippen LogP contribution in [0.4, 0.5) is 0 Å². The molecule has 1 saturated carbocycles. The molecule has 2 aliphatic rings. The fourth-order valence-electron chi connectivity index (χ4n) is 3.63. The highest BCUT2D eigenvalue weighted by Gasteiger charge is 2.48. The largest absolute Gasteiger partial charge is 0.365 e. The molecule has 2 heterocycles. The number of hydrogen-bond donors (Lipinski definition) is 3. The lowest BCUT2D eigenvalue weighted by Gasteiger charge is -2.48. The van der Waals surface area contributed by atoms with Crippen molar-refractivity contribution in [2.45, 2.75) is 43.1 Å².